The Kier molecular flexibility index (Phi) is 8.10. The molecule has 2 aliphatic heterocycles. The van der Waals surface area contributed by atoms with Crippen molar-refractivity contribution in [2.45, 2.75) is 32.7 Å². The van der Waals surface area contributed by atoms with Crippen molar-refractivity contribution in [3.05, 3.63) is 83.9 Å². The largest absolute Gasteiger partial charge is 0.497 e. The average Bonchev–Trinajstić information content (AvgIpc) is 3.40. The number of amides is 1. The second kappa shape index (κ2) is 11.8. The zero-order valence-electron chi connectivity index (χ0n) is 22.2. The van der Waals surface area contributed by atoms with E-state index in [9.17, 15) is 4.79 Å². The lowest BCUT2D eigenvalue weighted by Gasteiger charge is -2.33. The van der Waals surface area contributed by atoms with E-state index >= 15 is 0 Å². The smallest absolute Gasteiger partial charge is 0.223 e. The Morgan fingerprint density at radius 2 is 1.68 bits per heavy atom. The summed E-state index contributed by atoms with van der Waals surface area (Å²) in [5.41, 5.74) is 6.29. The Morgan fingerprint density at radius 3 is 2.41 bits per heavy atom. The number of rotatable bonds is 8. The standard InChI is InChI=1S/C32H39N3O2/c1-24-6-8-25(9-7-24)22-34-17-14-26(23-34)21-33-32(36)28-15-18-35(19-16-28)30-5-3-4-29(20-30)27-10-12-31(37-2)13-11-27/h3-13,20,26,28H,14-19,21-23H2,1-2H3,(H,33,36). The van der Waals surface area contributed by atoms with Gasteiger partial charge in [-0.25, -0.2) is 0 Å². The van der Waals surface area contributed by atoms with Gasteiger partial charge in [-0.3, -0.25) is 9.69 Å². The minimum atomic E-state index is 0.117. The van der Waals surface area contributed by atoms with Crippen molar-refractivity contribution < 1.29 is 9.53 Å². The number of benzene rings is 3. The Labute approximate surface area is 221 Å². The Hall–Kier alpha value is -3.31. The van der Waals surface area contributed by atoms with E-state index in [4.69, 9.17) is 4.74 Å². The first-order valence-corrected chi connectivity index (χ1v) is 13.6. The quantitative estimate of drug-likeness (QED) is 0.445. The van der Waals surface area contributed by atoms with Crippen molar-refractivity contribution in [1.82, 2.24) is 10.2 Å². The first kappa shape index (κ1) is 25.3. The summed E-state index contributed by atoms with van der Waals surface area (Å²) in [5.74, 6) is 1.78. The molecule has 37 heavy (non-hydrogen) atoms. The lowest BCUT2D eigenvalue weighted by Crippen LogP contribution is -2.42. The number of carbonyl (C=O) groups excluding carboxylic acids is 1. The van der Waals surface area contributed by atoms with E-state index < -0.39 is 0 Å². The van der Waals surface area contributed by atoms with Crippen LogP contribution in [0, 0.1) is 18.8 Å². The van der Waals surface area contributed by atoms with Gasteiger partial charge in [0, 0.05) is 44.3 Å². The van der Waals surface area contributed by atoms with Gasteiger partial charge in [0.25, 0.3) is 0 Å². The van der Waals surface area contributed by atoms with Gasteiger partial charge >= 0.3 is 0 Å². The molecule has 1 unspecified atom stereocenters. The summed E-state index contributed by atoms with van der Waals surface area (Å²) < 4.78 is 5.29. The van der Waals surface area contributed by atoms with Gasteiger partial charge in [0.15, 0.2) is 0 Å². The van der Waals surface area contributed by atoms with Crippen LogP contribution in [0.4, 0.5) is 5.69 Å². The van der Waals surface area contributed by atoms with Crippen molar-refractivity contribution in [2.75, 3.05) is 44.7 Å². The maximum absolute atomic E-state index is 12.9. The maximum Gasteiger partial charge on any atom is 0.223 e. The molecule has 2 aliphatic rings. The highest BCUT2D eigenvalue weighted by Crippen LogP contribution is 2.29. The van der Waals surface area contributed by atoms with Crippen molar-refractivity contribution in [3.8, 4) is 16.9 Å². The van der Waals surface area contributed by atoms with Crippen LogP contribution in [0.2, 0.25) is 0 Å². The number of ether oxygens (including phenoxy) is 1. The third-order valence-corrected chi connectivity index (χ3v) is 7.96. The highest BCUT2D eigenvalue weighted by atomic mass is 16.5. The van der Waals surface area contributed by atoms with Crippen molar-refractivity contribution in [2.24, 2.45) is 11.8 Å². The third-order valence-electron chi connectivity index (χ3n) is 7.96. The SMILES string of the molecule is COc1ccc(-c2cccc(N3CCC(C(=O)NCC4CCN(Cc5ccc(C)cc5)C4)CC3)c2)cc1. The van der Waals surface area contributed by atoms with E-state index in [-0.39, 0.29) is 11.8 Å². The number of methoxy groups -OCH3 is 1. The number of piperidine rings is 1. The van der Waals surface area contributed by atoms with Crippen LogP contribution in [0.3, 0.4) is 0 Å². The maximum atomic E-state index is 12.9. The molecule has 0 aliphatic carbocycles. The fourth-order valence-corrected chi connectivity index (χ4v) is 5.63. The van der Waals surface area contributed by atoms with Crippen LogP contribution >= 0.6 is 0 Å². The van der Waals surface area contributed by atoms with Crippen molar-refractivity contribution in [1.29, 1.82) is 0 Å². The zero-order valence-corrected chi connectivity index (χ0v) is 22.2. The number of anilines is 1. The van der Waals surface area contributed by atoms with Crippen molar-refractivity contribution in [3.63, 3.8) is 0 Å². The molecule has 2 heterocycles. The molecule has 1 amide bonds. The lowest BCUT2D eigenvalue weighted by molar-refractivity contribution is -0.125. The summed E-state index contributed by atoms with van der Waals surface area (Å²) in [7, 11) is 1.69. The summed E-state index contributed by atoms with van der Waals surface area (Å²) in [4.78, 5) is 17.9. The van der Waals surface area contributed by atoms with Crippen LogP contribution in [-0.4, -0.2) is 50.6 Å². The fourth-order valence-electron chi connectivity index (χ4n) is 5.63. The molecule has 5 rings (SSSR count). The van der Waals surface area contributed by atoms with Gasteiger partial charge < -0.3 is 15.0 Å². The fraction of sp³-hybridized carbons (Fsp3) is 0.406. The number of hydrogen-bond donors (Lipinski definition) is 1. The number of nitrogens with one attached hydrogen (secondary N) is 1. The number of nitrogens with zero attached hydrogens (tertiary/aromatic N) is 2. The first-order valence-electron chi connectivity index (χ1n) is 13.6. The van der Waals surface area contributed by atoms with Gasteiger partial charge in [-0.05, 0) is 79.6 Å². The van der Waals surface area contributed by atoms with Gasteiger partial charge in [-0.15, -0.1) is 0 Å². The number of aryl methyl sites for hydroxylation is 1. The molecule has 0 saturated carbocycles. The summed E-state index contributed by atoms with van der Waals surface area (Å²) in [6.45, 7) is 7.94. The molecular formula is C32H39N3O2. The zero-order chi connectivity index (χ0) is 25.6. The molecule has 1 N–H and O–H groups in total. The van der Waals surface area contributed by atoms with Crippen LogP contribution in [0.1, 0.15) is 30.4 Å². The topological polar surface area (TPSA) is 44.8 Å². The Morgan fingerprint density at radius 1 is 0.919 bits per heavy atom. The predicted molar refractivity (Wildman–Crippen MR) is 151 cm³/mol. The van der Waals surface area contributed by atoms with E-state index in [0.29, 0.717) is 5.92 Å². The molecule has 0 aromatic heterocycles. The van der Waals surface area contributed by atoms with Gasteiger partial charge in [-0.2, -0.15) is 0 Å². The number of likely N-dealkylation sites (tertiary alicyclic amines) is 1. The Bertz CT molecular complexity index is 1170. The molecule has 0 radical (unpaired) electrons. The molecule has 1 atom stereocenters. The second-order valence-corrected chi connectivity index (χ2v) is 10.7. The van der Waals surface area contributed by atoms with Crippen LogP contribution in [0.15, 0.2) is 72.8 Å². The van der Waals surface area contributed by atoms with Gasteiger partial charge in [0.1, 0.15) is 5.75 Å². The van der Waals surface area contributed by atoms with Gasteiger partial charge in [-0.1, -0.05) is 54.1 Å². The minimum absolute atomic E-state index is 0.117. The molecule has 3 aromatic rings. The van der Waals surface area contributed by atoms with Gasteiger partial charge in [0.2, 0.25) is 5.91 Å². The van der Waals surface area contributed by atoms with Gasteiger partial charge in [0.05, 0.1) is 7.11 Å². The minimum Gasteiger partial charge on any atom is -0.497 e. The highest BCUT2D eigenvalue weighted by Gasteiger charge is 2.27. The van der Waals surface area contributed by atoms with Crippen LogP contribution < -0.4 is 15.0 Å². The summed E-state index contributed by atoms with van der Waals surface area (Å²) >= 11 is 0. The van der Waals surface area contributed by atoms with E-state index in [2.05, 4.69) is 82.7 Å². The van der Waals surface area contributed by atoms with E-state index in [0.717, 1.165) is 64.3 Å². The highest BCUT2D eigenvalue weighted by molar-refractivity contribution is 5.79. The molecule has 5 nitrogen and oxygen atoms in total. The predicted octanol–water partition coefficient (Wildman–Crippen LogP) is 5.53. The van der Waals surface area contributed by atoms with E-state index in [1.165, 1.54) is 27.9 Å². The average molecular weight is 498 g/mol. The molecule has 0 spiro atoms. The molecule has 0 bridgehead atoms. The number of carbonyl (C=O) groups is 1. The summed E-state index contributed by atoms with van der Waals surface area (Å²) in [6, 6.07) is 25.7. The molecular weight excluding hydrogens is 458 g/mol. The molecule has 3 aromatic carbocycles. The van der Waals surface area contributed by atoms with Crippen LogP contribution in [-0.2, 0) is 11.3 Å². The van der Waals surface area contributed by atoms with Crippen LogP contribution in [0.5, 0.6) is 5.75 Å². The summed E-state index contributed by atoms with van der Waals surface area (Å²) in [5, 5.41) is 3.29. The molecule has 2 fully saturated rings. The monoisotopic (exact) mass is 497 g/mol. The van der Waals surface area contributed by atoms with E-state index in [1.807, 2.05) is 12.1 Å². The van der Waals surface area contributed by atoms with E-state index in [1.54, 1.807) is 7.11 Å². The Balaban J connectivity index is 1.07. The van der Waals surface area contributed by atoms with Crippen LogP contribution in [0.25, 0.3) is 11.1 Å². The second-order valence-electron chi connectivity index (χ2n) is 10.7. The molecule has 5 heteroatoms. The normalized spacial score (nSPS) is 18.6. The number of hydrogen-bond acceptors (Lipinski definition) is 4. The summed E-state index contributed by atoms with van der Waals surface area (Å²) in [6.07, 6.45) is 2.97. The third kappa shape index (κ3) is 6.53. The van der Waals surface area contributed by atoms with Crippen molar-refractivity contribution >= 4 is 11.6 Å². The first-order chi connectivity index (χ1) is 18.1. The molecule has 194 valence electrons. The molecule has 2 saturated heterocycles. The lowest BCUT2D eigenvalue weighted by atomic mass is 9.94.